The van der Waals surface area contributed by atoms with E-state index in [2.05, 4.69) is 58.5 Å². The van der Waals surface area contributed by atoms with E-state index in [9.17, 15) is 57.5 Å². The lowest BCUT2D eigenvalue weighted by Gasteiger charge is -2.24. The summed E-state index contributed by atoms with van der Waals surface area (Å²) in [4.78, 5) is 153. The number of carboxylic acid groups (broad SMARTS) is 1. The number of amides is 11. The molecule has 79 heavy (non-hydrogen) atoms. The number of rotatable bonds is 50. The summed E-state index contributed by atoms with van der Waals surface area (Å²) in [5.74, 6) is -3.60. The molecule has 0 spiro atoms. The van der Waals surface area contributed by atoms with Crippen LogP contribution in [0.3, 0.4) is 0 Å². The van der Waals surface area contributed by atoms with Gasteiger partial charge < -0.3 is 78.3 Å². The summed E-state index contributed by atoms with van der Waals surface area (Å²) >= 11 is 0. The summed E-state index contributed by atoms with van der Waals surface area (Å²) in [6.45, 7) is 12.5. The van der Waals surface area contributed by atoms with Crippen molar-refractivity contribution in [2.45, 2.75) is 130 Å². The first-order valence-electron chi connectivity index (χ1n) is 28.2. The Morgan fingerprint density at radius 1 is 0.228 bits per heavy atom. The van der Waals surface area contributed by atoms with Crippen LogP contribution in [0.1, 0.15) is 130 Å². The molecule has 452 valence electrons. The standard InChI is InChI=1S/C52H96N14O13/c1-5-9-41(67)53-21-25-57-46(72)15-32-64(33-16-47(73)58-26-22-54-42(68)10-6-2)39-30-62-50(76)19-36-66(38-29-61-45(71)13-14-52(78)79)37-20-51(77)63-31-40-65(34-17-48(74)59-27-23-55-43(69)11-7-3)35-18-49(75)60-28-24-56-44(70)12-8-4/h5-40H2,1-4H3,(H,53,67)(H,54,68)(H,55,69)(H,56,70)(H,57,72)(H,58,73)(H,59,74)(H,60,75)(H,61,71)(H,62,76)(H,63,77)(H,78,79). The van der Waals surface area contributed by atoms with Crippen molar-refractivity contribution in [3.63, 3.8) is 0 Å². The molecule has 0 saturated carbocycles. The molecule has 0 atom stereocenters. The fourth-order valence-electron chi connectivity index (χ4n) is 7.34. The van der Waals surface area contributed by atoms with Gasteiger partial charge >= 0.3 is 5.97 Å². The maximum Gasteiger partial charge on any atom is 0.303 e. The van der Waals surface area contributed by atoms with Gasteiger partial charge in [0, 0.05) is 202 Å². The molecule has 0 aliphatic rings. The molecule has 0 saturated heterocycles. The van der Waals surface area contributed by atoms with Crippen LogP contribution in [0.15, 0.2) is 0 Å². The monoisotopic (exact) mass is 1120 g/mol. The number of carbonyl (C=O) groups is 12. The second-order valence-electron chi connectivity index (χ2n) is 18.8. The van der Waals surface area contributed by atoms with Gasteiger partial charge in [0.05, 0.1) is 6.42 Å². The minimum absolute atomic E-state index is 0.0140. The molecule has 0 heterocycles. The Hall–Kier alpha value is -6.48. The van der Waals surface area contributed by atoms with Crippen molar-refractivity contribution in [2.24, 2.45) is 0 Å². The van der Waals surface area contributed by atoms with E-state index in [1.54, 1.807) is 0 Å². The summed E-state index contributed by atoms with van der Waals surface area (Å²) in [6, 6.07) is 0. The molecule has 0 aliphatic carbocycles. The maximum atomic E-state index is 13.2. The fraction of sp³-hybridized carbons (Fsp3) is 0.769. The predicted octanol–water partition coefficient (Wildman–Crippen LogP) is -2.42. The molecule has 0 rings (SSSR count). The van der Waals surface area contributed by atoms with Crippen LogP contribution in [-0.4, -0.2) is 222 Å². The van der Waals surface area contributed by atoms with E-state index in [0.29, 0.717) is 64.5 Å². The molecular formula is C52H96N14O13. The van der Waals surface area contributed by atoms with E-state index in [0.717, 1.165) is 0 Å². The third-order valence-electron chi connectivity index (χ3n) is 11.7. The lowest BCUT2D eigenvalue weighted by atomic mass is 10.2. The lowest BCUT2D eigenvalue weighted by molar-refractivity contribution is -0.139. The van der Waals surface area contributed by atoms with E-state index in [-0.39, 0.29) is 228 Å². The fourth-order valence-corrected chi connectivity index (χ4v) is 7.34. The van der Waals surface area contributed by atoms with Crippen molar-refractivity contribution in [2.75, 3.05) is 131 Å². The first-order valence-corrected chi connectivity index (χ1v) is 28.2. The van der Waals surface area contributed by atoms with Crippen molar-refractivity contribution in [1.29, 1.82) is 0 Å². The maximum absolute atomic E-state index is 13.2. The van der Waals surface area contributed by atoms with Crippen molar-refractivity contribution in [1.82, 2.24) is 73.2 Å². The number of nitrogens with zero attached hydrogens (tertiary/aromatic N) is 3. The van der Waals surface area contributed by atoms with Gasteiger partial charge in [0.2, 0.25) is 65.0 Å². The number of carbonyl (C=O) groups excluding carboxylic acids is 11. The zero-order valence-electron chi connectivity index (χ0n) is 47.6. The largest absolute Gasteiger partial charge is 0.481 e. The van der Waals surface area contributed by atoms with Crippen LogP contribution in [0.2, 0.25) is 0 Å². The first kappa shape index (κ1) is 72.5. The molecule has 0 aromatic rings. The Kier molecular flexibility index (Phi) is 44.6. The Labute approximate surface area is 466 Å². The Morgan fingerprint density at radius 2 is 0.392 bits per heavy atom. The molecule has 0 radical (unpaired) electrons. The highest BCUT2D eigenvalue weighted by Gasteiger charge is 2.17. The van der Waals surface area contributed by atoms with Crippen LogP contribution in [0, 0.1) is 0 Å². The van der Waals surface area contributed by atoms with Crippen LogP contribution in [0.4, 0.5) is 0 Å². The van der Waals surface area contributed by atoms with Gasteiger partial charge in [-0.25, -0.2) is 0 Å². The van der Waals surface area contributed by atoms with E-state index >= 15 is 0 Å². The van der Waals surface area contributed by atoms with Crippen molar-refractivity contribution < 1.29 is 62.6 Å². The van der Waals surface area contributed by atoms with Crippen LogP contribution >= 0.6 is 0 Å². The molecule has 27 heteroatoms. The normalized spacial score (nSPS) is 10.8. The van der Waals surface area contributed by atoms with Crippen LogP contribution in [0.25, 0.3) is 0 Å². The smallest absolute Gasteiger partial charge is 0.303 e. The highest BCUT2D eigenvalue weighted by molar-refractivity contribution is 5.81. The summed E-state index contributed by atoms with van der Waals surface area (Å²) in [5.41, 5.74) is 0. The minimum Gasteiger partial charge on any atom is -0.481 e. The van der Waals surface area contributed by atoms with Crippen molar-refractivity contribution in [3.8, 4) is 0 Å². The van der Waals surface area contributed by atoms with E-state index < -0.39 is 11.9 Å². The van der Waals surface area contributed by atoms with E-state index in [4.69, 9.17) is 5.11 Å². The van der Waals surface area contributed by atoms with Gasteiger partial charge in [-0.3, -0.25) is 57.5 Å². The molecule has 27 nitrogen and oxygen atoms in total. The molecule has 12 N–H and O–H groups in total. The molecule has 0 aromatic carbocycles. The molecule has 0 unspecified atom stereocenters. The molecule has 0 fully saturated rings. The number of carboxylic acids is 1. The quantitative estimate of drug-likeness (QED) is 0.0282. The number of hydrogen-bond donors (Lipinski definition) is 12. The third-order valence-corrected chi connectivity index (χ3v) is 11.7. The summed E-state index contributed by atoms with van der Waals surface area (Å²) in [6.07, 6.45) is 4.26. The molecule has 0 aliphatic heterocycles. The van der Waals surface area contributed by atoms with Gasteiger partial charge in [0.1, 0.15) is 0 Å². The lowest BCUT2D eigenvalue weighted by Crippen LogP contribution is -2.42. The van der Waals surface area contributed by atoms with Gasteiger partial charge in [-0.2, -0.15) is 0 Å². The van der Waals surface area contributed by atoms with Crippen molar-refractivity contribution >= 4 is 70.9 Å². The van der Waals surface area contributed by atoms with Crippen molar-refractivity contribution in [3.05, 3.63) is 0 Å². The summed E-state index contributed by atoms with van der Waals surface area (Å²) < 4.78 is 0. The number of aliphatic carboxylic acids is 1. The van der Waals surface area contributed by atoms with E-state index in [1.165, 1.54) is 0 Å². The SMILES string of the molecule is CCCC(=O)NCCNC(=O)CCN(CCNC(=O)CCN(CCNC(=O)CCC(=O)O)CCC(=O)NCCN(CCC(=O)NCCNC(=O)CCC)CCC(=O)NCCNC(=O)CCC)CCC(=O)NCCNC(=O)CCC. The summed E-state index contributed by atoms with van der Waals surface area (Å²) in [7, 11) is 0. The second-order valence-corrected chi connectivity index (χ2v) is 18.8. The highest BCUT2D eigenvalue weighted by atomic mass is 16.4. The second kappa shape index (κ2) is 48.6. The first-order chi connectivity index (χ1) is 37.9. The summed E-state index contributed by atoms with van der Waals surface area (Å²) in [5, 5.41) is 39.4. The Balaban J connectivity index is 5.57. The number of hydrogen-bond acceptors (Lipinski definition) is 15. The molecule has 0 bridgehead atoms. The number of nitrogens with one attached hydrogen (secondary N) is 11. The molecular weight excluding hydrogens is 1030 g/mol. The highest BCUT2D eigenvalue weighted by Crippen LogP contribution is 2.00. The van der Waals surface area contributed by atoms with Gasteiger partial charge in [0.15, 0.2) is 0 Å². The molecule has 0 aromatic heterocycles. The average molecular weight is 1130 g/mol. The van der Waals surface area contributed by atoms with Gasteiger partial charge in [-0.05, 0) is 25.7 Å². The van der Waals surface area contributed by atoms with Crippen LogP contribution in [0.5, 0.6) is 0 Å². The zero-order chi connectivity index (χ0) is 58.9. The predicted molar refractivity (Wildman–Crippen MR) is 297 cm³/mol. The zero-order valence-corrected chi connectivity index (χ0v) is 47.6. The van der Waals surface area contributed by atoms with Gasteiger partial charge in [-0.15, -0.1) is 0 Å². The minimum atomic E-state index is -1.12. The van der Waals surface area contributed by atoms with Gasteiger partial charge in [-0.1, -0.05) is 27.7 Å². The van der Waals surface area contributed by atoms with Crippen LogP contribution < -0.4 is 58.5 Å². The topological polar surface area (TPSA) is 367 Å². The Bertz CT molecular complexity index is 1650. The van der Waals surface area contributed by atoms with Crippen LogP contribution in [-0.2, 0) is 57.5 Å². The third kappa shape index (κ3) is 46.2. The van der Waals surface area contributed by atoms with Gasteiger partial charge in [0.25, 0.3) is 0 Å². The van der Waals surface area contributed by atoms with E-state index in [1.807, 2.05) is 42.4 Å². The average Bonchev–Trinajstić information content (AvgIpc) is 3.40. The molecule has 11 amide bonds. The Morgan fingerprint density at radius 3 is 0.570 bits per heavy atom.